The summed E-state index contributed by atoms with van der Waals surface area (Å²) >= 11 is 5.28. The molecule has 0 radical (unpaired) electrons. The molecule has 0 atom stereocenters. The lowest BCUT2D eigenvalue weighted by Gasteiger charge is -2.04. The topological polar surface area (TPSA) is 56.0 Å². The van der Waals surface area contributed by atoms with Crippen molar-refractivity contribution >= 4 is 17.3 Å². The molecule has 4 nitrogen and oxygen atoms in total. The molecule has 0 spiro atoms. The summed E-state index contributed by atoms with van der Waals surface area (Å²) in [7, 11) is 0. The summed E-state index contributed by atoms with van der Waals surface area (Å²) in [5.41, 5.74) is -2.44. The summed E-state index contributed by atoms with van der Waals surface area (Å²) < 4.78 is 37.3. The standard InChI is InChI=1S/C7H4ClF3N2O2/c8-2-3-1-4(9)12-5(7(10)11)6(3)13(14)15/h1,7H,2H2. The first kappa shape index (κ1) is 11.7. The highest BCUT2D eigenvalue weighted by molar-refractivity contribution is 6.17. The lowest BCUT2D eigenvalue weighted by Crippen LogP contribution is -2.04. The van der Waals surface area contributed by atoms with Crippen LogP contribution in [-0.4, -0.2) is 9.91 Å². The summed E-state index contributed by atoms with van der Waals surface area (Å²) in [5.74, 6) is -1.65. The number of hydrogen-bond donors (Lipinski definition) is 0. The molecule has 15 heavy (non-hydrogen) atoms. The molecule has 0 aliphatic rings. The van der Waals surface area contributed by atoms with Gasteiger partial charge in [-0.1, -0.05) is 0 Å². The molecule has 0 saturated carbocycles. The smallest absolute Gasteiger partial charge is 0.258 e. The monoisotopic (exact) mass is 240 g/mol. The predicted octanol–water partition coefficient (Wildman–Crippen LogP) is 2.81. The third-order valence-corrected chi connectivity index (χ3v) is 1.89. The third-order valence-electron chi connectivity index (χ3n) is 1.60. The van der Waals surface area contributed by atoms with Gasteiger partial charge in [0, 0.05) is 6.07 Å². The van der Waals surface area contributed by atoms with E-state index in [2.05, 4.69) is 4.98 Å². The van der Waals surface area contributed by atoms with Crippen LogP contribution in [0.2, 0.25) is 0 Å². The molecular weight excluding hydrogens is 237 g/mol. The number of pyridine rings is 1. The van der Waals surface area contributed by atoms with Crippen molar-refractivity contribution in [2.24, 2.45) is 0 Å². The van der Waals surface area contributed by atoms with E-state index in [4.69, 9.17) is 11.6 Å². The Morgan fingerprint density at radius 2 is 2.20 bits per heavy atom. The Labute approximate surface area is 86.8 Å². The van der Waals surface area contributed by atoms with Crippen LogP contribution in [0.1, 0.15) is 17.7 Å². The van der Waals surface area contributed by atoms with Crippen molar-refractivity contribution in [3.05, 3.63) is 33.4 Å². The van der Waals surface area contributed by atoms with Crippen LogP contribution in [0.4, 0.5) is 18.9 Å². The summed E-state index contributed by atoms with van der Waals surface area (Å²) in [6, 6.07) is 0.664. The van der Waals surface area contributed by atoms with Gasteiger partial charge in [-0.05, 0) is 0 Å². The fraction of sp³-hybridized carbons (Fsp3) is 0.286. The minimum absolute atomic E-state index is 0.315. The largest absolute Gasteiger partial charge is 0.301 e. The average Bonchev–Trinajstić information content (AvgIpc) is 2.15. The zero-order chi connectivity index (χ0) is 11.6. The SMILES string of the molecule is O=[N+]([O-])c1c(CCl)cc(F)nc1C(F)F. The quantitative estimate of drug-likeness (QED) is 0.353. The maximum absolute atomic E-state index is 12.7. The molecule has 0 aliphatic carbocycles. The van der Waals surface area contributed by atoms with Gasteiger partial charge in [0.1, 0.15) is 0 Å². The number of hydrogen-bond acceptors (Lipinski definition) is 3. The molecule has 0 saturated heterocycles. The lowest BCUT2D eigenvalue weighted by atomic mass is 10.2. The van der Waals surface area contributed by atoms with Crippen LogP contribution in [0.15, 0.2) is 6.07 Å². The fourth-order valence-electron chi connectivity index (χ4n) is 1.04. The Morgan fingerprint density at radius 1 is 1.60 bits per heavy atom. The maximum Gasteiger partial charge on any atom is 0.301 e. The van der Waals surface area contributed by atoms with E-state index in [0.29, 0.717) is 6.07 Å². The van der Waals surface area contributed by atoms with E-state index < -0.39 is 34.6 Å². The van der Waals surface area contributed by atoms with Gasteiger partial charge in [0.15, 0.2) is 5.69 Å². The third kappa shape index (κ3) is 2.35. The van der Waals surface area contributed by atoms with E-state index in [-0.39, 0.29) is 5.56 Å². The average molecular weight is 241 g/mol. The van der Waals surface area contributed by atoms with Gasteiger partial charge in [-0.2, -0.15) is 4.39 Å². The van der Waals surface area contributed by atoms with Crippen molar-refractivity contribution in [2.45, 2.75) is 12.3 Å². The van der Waals surface area contributed by atoms with E-state index in [0.717, 1.165) is 0 Å². The van der Waals surface area contributed by atoms with Gasteiger partial charge in [-0.15, -0.1) is 11.6 Å². The molecule has 0 amide bonds. The Hall–Kier alpha value is -1.37. The summed E-state index contributed by atoms with van der Waals surface area (Å²) in [6.45, 7) is 0. The number of nitrogens with zero attached hydrogens (tertiary/aromatic N) is 2. The molecule has 0 aliphatic heterocycles. The molecule has 1 heterocycles. The normalized spacial score (nSPS) is 10.7. The summed E-state index contributed by atoms with van der Waals surface area (Å²) in [4.78, 5) is 12.2. The van der Waals surface area contributed by atoms with Crippen molar-refractivity contribution in [3.8, 4) is 0 Å². The molecule has 0 N–H and O–H groups in total. The number of nitro groups is 1. The second-order valence-electron chi connectivity index (χ2n) is 2.53. The molecule has 82 valence electrons. The van der Waals surface area contributed by atoms with Gasteiger partial charge in [-0.3, -0.25) is 10.1 Å². The number of aromatic nitrogens is 1. The molecule has 1 aromatic rings. The van der Waals surface area contributed by atoms with Gasteiger partial charge in [0.05, 0.1) is 16.4 Å². The van der Waals surface area contributed by atoms with Crippen molar-refractivity contribution in [1.29, 1.82) is 0 Å². The highest BCUT2D eigenvalue weighted by atomic mass is 35.5. The molecule has 0 fully saturated rings. The van der Waals surface area contributed by atoms with Crippen LogP contribution in [0, 0.1) is 16.1 Å². The lowest BCUT2D eigenvalue weighted by molar-refractivity contribution is -0.387. The minimum atomic E-state index is -3.22. The van der Waals surface area contributed by atoms with E-state index >= 15 is 0 Å². The van der Waals surface area contributed by atoms with Crippen LogP contribution < -0.4 is 0 Å². The highest BCUT2D eigenvalue weighted by Crippen LogP contribution is 2.31. The Kier molecular flexibility index (Phi) is 3.46. The Bertz CT molecular complexity index is 400. The zero-order valence-corrected chi connectivity index (χ0v) is 7.84. The molecular formula is C7H4ClF3N2O2. The first-order valence-corrected chi connectivity index (χ1v) is 4.18. The van der Waals surface area contributed by atoms with Gasteiger partial charge >= 0.3 is 5.69 Å². The van der Waals surface area contributed by atoms with E-state index in [1.807, 2.05) is 0 Å². The highest BCUT2D eigenvalue weighted by Gasteiger charge is 2.28. The Balaban J connectivity index is 3.47. The van der Waals surface area contributed by atoms with E-state index in [1.54, 1.807) is 0 Å². The van der Waals surface area contributed by atoms with Crippen molar-refractivity contribution in [3.63, 3.8) is 0 Å². The number of rotatable bonds is 3. The van der Waals surface area contributed by atoms with Crippen LogP contribution in [-0.2, 0) is 5.88 Å². The number of alkyl halides is 3. The number of halogens is 4. The van der Waals surface area contributed by atoms with Crippen molar-refractivity contribution in [2.75, 3.05) is 0 Å². The first-order chi connectivity index (χ1) is 6.97. The van der Waals surface area contributed by atoms with Crippen molar-refractivity contribution in [1.82, 2.24) is 4.98 Å². The molecule has 1 rings (SSSR count). The van der Waals surface area contributed by atoms with Gasteiger partial charge < -0.3 is 0 Å². The van der Waals surface area contributed by atoms with Gasteiger partial charge in [-0.25, -0.2) is 13.8 Å². The van der Waals surface area contributed by atoms with Crippen LogP contribution >= 0.6 is 11.6 Å². The molecule has 8 heteroatoms. The van der Waals surface area contributed by atoms with E-state index in [9.17, 15) is 23.3 Å². The summed E-state index contributed by atoms with van der Waals surface area (Å²) in [5, 5.41) is 10.5. The van der Waals surface area contributed by atoms with Crippen LogP contribution in [0.25, 0.3) is 0 Å². The van der Waals surface area contributed by atoms with Crippen LogP contribution in [0.3, 0.4) is 0 Å². The molecule has 0 bridgehead atoms. The van der Waals surface area contributed by atoms with Crippen LogP contribution in [0.5, 0.6) is 0 Å². The maximum atomic E-state index is 12.7. The second kappa shape index (κ2) is 4.43. The summed E-state index contributed by atoms with van der Waals surface area (Å²) in [6.07, 6.45) is -3.22. The Morgan fingerprint density at radius 3 is 2.60 bits per heavy atom. The minimum Gasteiger partial charge on any atom is -0.258 e. The van der Waals surface area contributed by atoms with E-state index in [1.165, 1.54) is 0 Å². The second-order valence-corrected chi connectivity index (χ2v) is 2.80. The van der Waals surface area contributed by atoms with Gasteiger partial charge in [0.25, 0.3) is 6.43 Å². The molecule has 1 aromatic heterocycles. The zero-order valence-electron chi connectivity index (χ0n) is 7.08. The fourth-order valence-corrected chi connectivity index (χ4v) is 1.25. The molecule has 0 unspecified atom stereocenters. The molecule has 0 aromatic carbocycles. The van der Waals surface area contributed by atoms with Gasteiger partial charge in [0.2, 0.25) is 5.95 Å². The predicted molar refractivity (Wildman–Crippen MR) is 45.4 cm³/mol. The van der Waals surface area contributed by atoms with Crippen molar-refractivity contribution < 1.29 is 18.1 Å². The first-order valence-electron chi connectivity index (χ1n) is 3.65.